The first-order valence-corrected chi connectivity index (χ1v) is 22.0. The van der Waals surface area contributed by atoms with Crippen LogP contribution in [0.2, 0.25) is 0 Å². The number of rotatable bonds is 13. The van der Waals surface area contributed by atoms with Crippen LogP contribution in [-0.4, -0.2) is 93.0 Å². The van der Waals surface area contributed by atoms with Gasteiger partial charge in [0, 0.05) is 72.8 Å². The number of nitrogens with one attached hydrogen (secondary N) is 4. The van der Waals surface area contributed by atoms with E-state index in [9.17, 15) is 22.6 Å². The Balaban J connectivity index is 1.16. The molecule has 0 unspecified atom stereocenters. The number of anilines is 4. The number of hydrogen-bond acceptors (Lipinski definition) is 11. The van der Waals surface area contributed by atoms with Gasteiger partial charge in [0.25, 0.3) is 5.91 Å². The monoisotopic (exact) mass is 828 g/mol. The lowest BCUT2D eigenvalue weighted by Crippen LogP contribution is -2.43. The summed E-state index contributed by atoms with van der Waals surface area (Å²) in [6.07, 6.45) is 2.70. The number of benzene rings is 4. The number of methoxy groups -OCH3 is 2. The fraction of sp³-hybridized carbons (Fsp3) is 0.310. The van der Waals surface area contributed by atoms with E-state index in [0.717, 1.165) is 24.7 Å². The number of nitrogens with zero attached hydrogens (tertiary/aromatic N) is 2. The van der Waals surface area contributed by atoms with E-state index in [2.05, 4.69) is 31.2 Å². The molecule has 1 aliphatic heterocycles. The van der Waals surface area contributed by atoms with Gasteiger partial charge in [-0.05, 0) is 53.4 Å². The molecule has 1 fully saturated rings. The molecule has 0 atom stereocenters. The Morgan fingerprint density at radius 3 is 2.29 bits per heavy atom. The number of fused-ring (bicyclic) bond motifs is 1. The summed E-state index contributed by atoms with van der Waals surface area (Å²) < 4.78 is 54.4. The summed E-state index contributed by atoms with van der Waals surface area (Å²) in [5.41, 5.74) is 2.02. The predicted molar refractivity (Wildman–Crippen MR) is 229 cm³/mol. The zero-order valence-corrected chi connectivity index (χ0v) is 34.9. The lowest BCUT2D eigenvalue weighted by Gasteiger charge is -2.27. The van der Waals surface area contributed by atoms with E-state index >= 15 is 0 Å². The second kappa shape index (κ2) is 17.9. The molecular weight excluding hydrogens is 781 g/mol. The Morgan fingerprint density at radius 2 is 1.60 bits per heavy atom. The molecule has 1 aromatic heterocycles. The smallest absolute Gasteiger partial charge is 0.323 e. The van der Waals surface area contributed by atoms with Crippen LogP contribution in [0.3, 0.4) is 0 Å². The molecule has 1 aliphatic rings. The highest BCUT2D eigenvalue weighted by molar-refractivity contribution is 7.91. The van der Waals surface area contributed by atoms with Gasteiger partial charge in [-0.1, -0.05) is 56.2 Å². The second-order valence-electron chi connectivity index (χ2n) is 14.8. The van der Waals surface area contributed by atoms with Crippen molar-refractivity contribution < 1.29 is 36.8 Å². The van der Waals surface area contributed by atoms with Gasteiger partial charge in [-0.25, -0.2) is 18.2 Å². The first kappa shape index (κ1) is 42.1. The van der Waals surface area contributed by atoms with Crippen molar-refractivity contribution in [1.82, 2.24) is 15.2 Å². The van der Waals surface area contributed by atoms with Crippen LogP contribution in [0.1, 0.15) is 36.7 Å². The molecule has 0 aliphatic carbocycles. The summed E-state index contributed by atoms with van der Waals surface area (Å²) in [6.45, 7) is 8.51. The van der Waals surface area contributed by atoms with Crippen molar-refractivity contribution >= 4 is 66.6 Å². The summed E-state index contributed by atoms with van der Waals surface area (Å²) >= 11 is -0.753. The van der Waals surface area contributed by atoms with Crippen LogP contribution in [0.15, 0.2) is 90.0 Å². The maximum absolute atomic E-state index is 13.5. The summed E-state index contributed by atoms with van der Waals surface area (Å²) in [7, 11) is -0.791. The first-order chi connectivity index (χ1) is 27.6. The maximum atomic E-state index is 13.5. The summed E-state index contributed by atoms with van der Waals surface area (Å²) in [5, 5.41) is 13.3. The van der Waals surface area contributed by atoms with Gasteiger partial charge in [-0.3, -0.25) is 9.69 Å². The highest BCUT2D eigenvalue weighted by Gasteiger charge is 2.25. The molecule has 0 radical (unpaired) electrons. The number of sulfone groups is 1. The van der Waals surface area contributed by atoms with Crippen LogP contribution in [0.25, 0.3) is 10.8 Å². The number of ether oxygens (including phenoxy) is 3. The van der Waals surface area contributed by atoms with Gasteiger partial charge in [0.1, 0.15) is 39.5 Å². The van der Waals surface area contributed by atoms with Crippen LogP contribution < -0.4 is 35.5 Å². The number of carbonyl (C=O) groups excluding carboxylic acids is 2. The number of amides is 3. The fourth-order valence-electron chi connectivity index (χ4n) is 6.43. The van der Waals surface area contributed by atoms with E-state index in [1.54, 1.807) is 60.8 Å². The van der Waals surface area contributed by atoms with Gasteiger partial charge in [-0.2, -0.15) is 0 Å². The van der Waals surface area contributed by atoms with Gasteiger partial charge in [-0.15, -0.1) is 0 Å². The van der Waals surface area contributed by atoms with Crippen molar-refractivity contribution in [3.8, 4) is 23.0 Å². The van der Waals surface area contributed by atoms with Crippen molar-refractivity contribution in [3.05, 3.63) is 96.2 Å². The lowest BCUT2D eigenvalue weighted by molar-refractivity contribution is 0.0948. The molecule has 0 saturated carbocycles. The quantitative estimate of drug-likeness (QED) is 0.0904. The zero-order chi connectivity index (χ0) is 41.6. The standard InChI is InChI=1S/C42H48N6O8S2/c1-42(2,3)28-23-35(39(55-5)37(24-28)58(6,52)53)47-41(50)46-34-11-12-36(33-10-8-7-9-32(33)34)56-30-13-14-43-38(26-30)45-29-21-27(22-31(25-29)54-4)40(49)44-15-16-48-17-19-57(51)20-18-48/h7-14,21-26H,15-20H2,1-6H3,(H,43,45)(H,44,49)(H2,46,47,50). The van der Waals surface area contributed by atoms with Gasteiger partial charge in [0.15, 0.2) is 15.6 Å². The minimum atomic E-state index is -3.68. The maximum Gasteiger partial charge on any atom is 0.323 e. The van der Waals surface area contributed by atoms with Crippen molar-refractivity contribution in [2.24, 2.45) is 0 Å². The SMILES string of the molecule is COc1cc(Nc2cc(Oc3ccc(NC(=O)Nc4cc(C(C)(C)C)cc(S(C)(=O)=O)c4OC)c4ccccc34)ccn2)cc(C(=O)NCCN2CC[S+]([O-])CC2)c1. The molecule has 14 nitrogen and oxygen atoms in total. The highest BCUT2D eigenvalue weighted by Crippen LogP contribution is 2.39. The van der Waals surface area contributed by atoms with Gasteiger partial charge < -0.3 is 40.0 Å². The third-order valence-corrected chi connectivity index (χ3v) is 11.9. The average Bonchev–Trinajstić information content (AvgIpc) is 3.18. The number of aromatic nitrogens is 1. The Labute approximate surface area is 341 Å². The van der Waals surface area contributed by atoms with Gasteiger partial charge >= 0.3 is 6.03 Å². The van der Waals surface area contributed by atoms with E-state index in [0.29, 0.717) is 75.5 Å². The minimum absolute atomic E-state index is 0.0174. The highest BCUT2D eigenvalue weighted by atomic mass is 32.2. The Bertz CT molecular complexity index is 2410. The van der Waals surface area contributed by atoms with Gasteiger partial charge in [0.05, 0.1) is 25.6 Å². The second-order valence-corrected chi connectivity index (χ2v) is 18.5. The number of pyridine rings is 1. The molecule has 4 aromatic carbocycles. The summed E-state index contributed by atoms with van der Waals surface area (Å²) in [6, 6.07) is 22.2. The predicted octanol–water partition coefficient (Wildman–Crippen LogP) is 6.93. The fourth-order valence-corrected chi connectivity index (χ4v) is 8.43. The lowest BCUT2D eigenvalue weighted by atomic mass is 9.86. The summed E-state index contributed by atoms with van der Waals surface area (Å²) in [5.74, 6) is 3.07. The van der Waals surface area contributed by atoms with E-state index in [1.807, 2.05) is 45.0 Å². The topological polar surface area (TPSA) is 183 Å². The molecule has 4 N–H and O–H groups in total. The molecule has 16 heteroatoms. The van der Waals surface area contributed by atoms with Crippen LogP contribution in [-0.2, 0) is 26.4 Å². The van der Waals surface area contributed by atoms with E-state index < -0.39 is 32.5 Å². The Kier molecular flexibility index (Phi) is 13.0. The van der Waals surface area contributed by atoms with E-state index in [4.69, 9.17) is 14.2 Å². The van der Waals surface area contributed by atoms with Crippen LogP contribution in [0.4, 0.5) is 27.7 Å². The number of carbonyl (C=O) groups is 2. The average molecular weight is 829 g/mol. The number of hydrogen-bond donors (Lipinski definition) is 4. The molecule has 6 rings (SSSR count). The molecule has 3 amide bonds. The zero-order valence-electron chi connectivity index (χ0n) is 33.3. The Hall–Kier alpha value is -5.55. The molecule has 306 valence electrons. The molecule has 58 heavy (non-hydrogen) atoms. The molecular formula is C42H48N6O8S2. The third kappa shape index (κ3) is 10.5. The minimum Gasteiger partial charge on any atom is -0.616 e. The molecule has 0 spiro atoms. The van der Waals surface area contributed by atoms with Crippen LogP contribution in [0.5, 0.6) is 23.0 Å². The number of urea groups is 1. The molecule has 2 heterocycles. The first-order valence-electron chi connectivity index (χ1n) is 18.6. The van der Waals surface area contributed by atoms with Gasteiger partial charge in [0.2, 0.25) is 0 Å². The molecule has 5 aromatic rings. The molecule has 0 bridgehead atoms. The van der Waals surface area contributed by atoms with Crippen LogP contribution >= 0.6 is 0 Å². The van der Waals surface area contributed by atoms with Crippen molar-refractivity contribution in [2.45, 2.75) is 31.1 Å². The van der Waals surface area contributed by atoms with E-state index in [1.165, 1.54) is 14.2 Å². The van der Waals surface area contributed by atoms with Crippen molar-refractivity contribution in [2.75, 3.05) is 74.1 Å². The van der Waals surface area contributed by atoms with Crippen molar-refractivity contribution in [3.63, 3.8) is 0 Å². The van der Waals surface area contributed by atoms with E-state index in [-0.39, 0.29) is 22.2 Å². The Morgan fingerprint density at radius 1 is 0.879 bits per heavy atom. The summed E-state index contributed by atoms with van der Waals surface area (Å²) in [4.78, 5) is 33.2. The molecule has 1 saturated heterocycles. The largest absolute Gasteiger partial charge is 0.616 e. The van der Waals surface area contributed by atoms with Crippen molar-refractivity contribution in [1.29, 1.82) is 0 Å². The van der Waals surface area contributed by atoms with Crippen LogP contribution in [0, 0.1) is 0 Å². The normalized spacial score (nSPS) is 13.8. The third-order valence-electron chi connectivity index (χ3n) is 9.52.